The van der Waals surface area contributed by atoms with Crippen LogP contribution in [0.2, 0.25) is 0 Å². The Morgan fingerprint density at radius 1 is 1.18 bits per heavy atom. The topological polar surface area (TPSA) is 109 Å². The van der Waals surface area contributed by atoms with Crippen molar-refractivity contribution in [2.45, 2.75) is 51.0 Å². The molecule has 0 aliphatic heterocycles. The van der Waals surface area contributed by atoms with Gasteiger partial charge < -0.3 is 21.1 Å². The molecule has 0 spiro atoms. The summed E-state index contributed by atoms with van der Waals surface area (Å²) >= 11 is 0. The van der Waals surface area contributed by atoms with E-state index in [9.17, 15) is 14.3 Å². The van der Waals surface area contributed by atoms with Crippen LogP contribution in [0.1, 0.15) is 44.9 Å². The molecule has 0 saturated carbocycles. The molecule has 0 aromatic heterocycles. The summed E-state index contributed by atoms with van der Waals surface area (Å²) in [4.78, 5) is 12.6. The van der Waals surface area contributed by atoms with Gasteiger partial charge in [-0.15, -0.1) is 0 Å². The van der Waals surface area contributed by atoms with Gasteiger partial charge in [0.05, 0.1) is 17.5 Å². The Bertz CT molecular complexity index is 860. The van der Waals surface area contributed by atoms with Gasteiger partial charge in [0, 0.05) is 29.5 Å². The fourth-order valence-electron chi connectivity index (χ4n) is 3.72. The highest BCUT2D eigenvalue weighted by Gasteiger charge is 2.27. The van der Waals surface area contributed by atoms with Crippen LogP contribution in [-0.4, -0.2) is 29.0 Å². The van der Waals surface area contributed by atoms with Gasteiger partial charge >= 0.3 is 0 Å². The minimum Gasteiger partial charge on any atom is -0.512 e. The number of halogens is 1. The third-order valence-electron chi connectivity index (χ3n) is 5.23. The van der Waals surface area contributed by atoms with Gasteiger partial charge in [-0.3, -0.25) is 10.2 Å². The molecule has 0 saturated heterocycles. The van der Waals surface area contributed by atoms with Crippen molar-refractivity contribution in [1.29, 1.82) is 10.8 Å². The second-order valence-corrected chi connectivity index (χ2v) is 7.11. The molecule has 0 bridgehead atoms. The number of benzene rings is 1. The van der Waals surface area contributed by atoms with Crippen molar-refractivity contribution in [3.05, 3.63) is 52.7 Å². The number of carbonyl (C=O) groups is 1. The fraction of sp³-hybridized carbons (Fsp3) is 0.381. The lowest BCUT2D eigenvalue weighted by Crippen LogP contribution is -2.43. The largest absolute Gasteiger partial charge is 0.512 e. The van der Waals surface area contributed by atoms with E-state index in [1.54, 1.807) is 18.2 Å². The molecule has 2 aliphatic carbocycles. The van der Waals surface area contributed by atoms with Crippen molar-refractivity contribution in [3.8, 4) is 0 Å². The summed E-state index contributed by atoms with van der Waals surface area (Å²) in [7, 11) is 0. The zero-order valence-electron chi connectivity index (χ0n) is 15.6. The first-order valence-corrected chi connectivity index (χ1v) is 9.57. The Morgan fingerprint density at radius 3 is 2.64 bits per heavy atom. The lowest BCUT2D eigenvalue weighted by molar-refractivity contribution is -0.115. The van der Waals surface area contributed by atoms with E-state index in [1.807, 2.05) is 0 Å². The molecule has 1 amide bonds. The van der Waals surface area contributed by atoms with E-state index in [2.05, 4.69) is 10.6 Å². The molecule has 1 unspecified atom stereocenters. The molecule has 1 aromatic carbocycles. The highest BCUT2D eigenvalue weighted by Crippen LogP contribution is 2.28. The standard InChI is InChI=1S/C21H25FN4O2/c22-15-7-2-3-8-18(15)25-16-9-5-10-17(14(16)12-23)26-21(28)20(24)13-6-1-4-11-19(13)27/h2-3,7-8,12,17,23-25,27H,1,4-6,9-11H2,(H,26,28). The van der Waals surface area contributed by atoms with E-state index >= 15 is 0 Å². The first kappa shape index (κ1) is 19.8. The Labute approximate surface area is 163 Å². The maximum atomic E-state index is 14.0. The zero-order chi connectivity index (χ0) is 20.1. The summed E-state index contributed by atoms with van der Waals surface area (Å²) in [6.45, 7) is 0. The lowest BCUT2D eigenvalue weighted by Gasteiger charge is -2.28. The Balaban J connectivity index is 1.77. The summed E-state index contributed by atoms with van der Waals surface area (Å²) in [5.74, 6) is -0.813. The third kappa shape index (κ3) is 4.30. The third-order valence-corrected chi connectivity index (χ3v) is 5.23. The summed E-state index contributed by atoms with van der Waals surface area (Å²) < 4.78 is 14.0. The number of carbonyl (C=O) groups excluding carboxylic acids is 1. The van der Waals surface area contributed by atoms with Crippen LogP contribution in [0, 0.1) is 16.6 Å². The van der Waals surface area contributed by atoms with Crippen molar-refractivity contribution in [2.24, 2.45) is 0 Å². The molecular weight excluding hydrogens is 359 g/mol. The molecule has 0 radical (unpaired) electrons. The summed E-state index contributed by atoms with van der Waals surface area (Å²) in [6.07, 6.45) is 5.95. The van der Waals surface area contributed by atoms with Crippen LogP contribution in [0.15, 0.2) is 46.9 Å². The van der Waals surface area contributed by atoms with Crippen LogP contribution in [0.4, 0.5) is 10.1 Å². The van der Waals surface area contributed by atoms with Gasteiger partial charge in [-0.05, 0) is 50.7 Å². The summed E-state index contributed by atoms with van der Waals surface area (Å²) in [5, 5.41) is 31.8. The van der Waals surface area contributed by atoms with E-state index in [4.69, 9.17) is 10.8 Å². The number of hydrogen-bond donors (Lipinski definition) is 5. The van der Waals surface area contributed by atoms with Crippen LogP contribution < -0.4 is 10.6 Å². The van der Waals surface area contributed by atoms with Gasteiger partial charge in [-0.1, -0.05) is 12.1 Å². The van der Waals surface area contributed by atoms with Crippen LogP contribution in [0.5, 0.6) is 0 Å². The Kier molecular flexibility index (Phi) is 6.23. The number of aliphatic hydroxyl groups excluding tert-OH is 1. The molecule has 1 atom stereocenters. The molecular formula is C21H25FN4O2. The van der Waals surface area contributed by atoms with E-state index in [1.165, 1.54) is 12.3 Å². The second-order valence-electron chi connectivity index (χ2n) is 7.11. The van der Waals surface area contributed by atoms with Gasteiger partial charge in [0.15, 0.2) is 0 Å². The number of nitrogens with one attached hydrogen (secondary N) is 4. The minimum atomic E-state index is -0.556. The number of allylic oxidation sites excluding steroid dienone is 2. The molecule has 1 aromatic rings. The first-order chi connectivity index (χ1) is 13.5. The molecule has 7 heteroatoms. The number of hydrogen-bond acceptors (Lipinski definition) is 5. The van der Waals surface area contributed by atoms with Gasteiger partial charge in [0.25, 0.3) is 5.91 Å². The zero-order valence-corrected chi connectivity index (χ0v) is 15.6. The quantitative estimate of drug-likeness (QED) is 0.474. The molecule has 5 N–H and O–H groups in total. The van der Waals surface area contributed by atoms with Gasteiger partial charge in [-0.2, -0.15) is 0 Å². The van der Waals surface area contributed by atoms with Gasteiger partial charge in [-0.25, -0.2) is 4.39 Å². The Morgan fingerprint density at radius 2 is 1.93 bits per heavy atom. The van der Waals surface area contributed by atoms with Crippen molar-refractivity contribution >= 4 is 23.5 Å². The SMILES string of the molecule is N=CC1=C(Nc2ccccc2F)CCCC1NC(=O)C(=N)C1=C(O)CCCC1. The molecule has 3 rings (SSSR count). The number of para-hydroxylation sites is 1. The van der Waals surface area contributed by atoms with Crippen LogP contribution >= 0.6 is 0 Å². The van der Waals surface area contributed by atoms with Crippen molar-refractivity contribution in [3.63, 3.8) is 0 Å². The van der Waals surface area contributed by atoms with E-state index in [-0.39, 0.29) is 17.3 Å². The maximum absolute atomic E-state index is 14.0. The van der Waals surface area contributed by atoms with Crippen LogP contribution in [0.25, 0.3) is 0 Å². The van der Waals surface area contributed by atoms with Crippen molar-refractivity contribution < 1.29 is 14.3 Å². The monoisotopic (exact) mass is 384 g/mol. The molecule has 2 aliphatic rings. The molecule has 28 heavy (non-hydrogen) atoms. The number of anilines is 1. The first-order valence-electron chi connectivity index (χ1n) is 9.57. The number of rotatable bonds is 6. The molecule has 6 nitrogen and oxygen atoms in total. The minimum absolute atomic E-state index is 0.125. The predicted octanol–water partition coefficient (Wildman–Crippen LogP) is 4.22. The van der Waals surface area contributed by atoms with Crippen LogP contribution in [0.3, 0.4) is 0 Å². The Hall–Kier alpha value is -2.96. The summed E-state index contributed by atoms with van der Waals surface area (Å²) in [5.41, 5.74) is 1.80. The highest BCUT2D eigenvalue weighted by molar-refractivity contribution is 6.44. The average Bonchev–Trinajstić information content (AvgIpc) is 2.70. The normalized spacial score (nSPS) is 20.0. The van der Waals surface area contributed by atoms with E-state index in [0.717, 1.165) is 19.3 Å². The van der Waals surface area contributed by atoms with Crippen LogP contribution in [-0.2, 0) is 4.79 Å². The molecule has 148 valence electrons. The van der Waals surface area contributed by atoms with E-state index in [0.29, 0.717) is 48.2 Å². The van der Waals surface area contributed by atoms with Gasteiger partial charge in [0.1, 0.15) is 11.5 Å². The second kappa shape index (κ2) is 8.82. The highest BCUT2D eigenvalue weighted by atomic mass is 19.1. The van der Waals surface area contributed by atoms with Crippen molar-refractivity contribution in [2.75, 3.05) is 5.32 Å². The average molecular weight is 384 g/mol. The van der Waals surface area contributed by atoms with Crippen molar-refractivity contribution in [1.82, 2.24) is 5.32 Å². The maximum Gasteiger partial charge on any atom is 0.270 e. The number of amides is 1. The van der Waals surface area contributed by atoms with E-state index < -0.39 is 11.9 Å². The molecule has 0 fully saturated rings. The molecule has 0 heterocycles. The predicted molar refractivity (Wildman–Crippen MR) is 107 cm³/mol. The summed E-state index contributed by atoms with van der Waals surface area (Å²) in [6, 6.07) is 5.89. The van der Waals surface area contributed by atoms with Gasteiger partial charge in [0.2, 0.25) is 0 Å². The fourth-order valence-corrected chi connectivity index (χ4v) is 3.72. The smallest absolute Gasteiger partial charge is 0.270 e. The lowest BCUT2D eigenvalue weighted by atomic mass is 9.90. The number of aliphatic hydroxyl groups is 1.